The Morgan fingerprint density at radius 3 is 2.32 bits per heavy atom. The second-order valence-corrected chi connectivity index (χ2v) is 6.54. The molecule has 2 aromatic rings. The summed E-state index contributed by atoms with van der Waals surface area (Å²) in [5.74, 6) is 0. The number of nitrogens with one attached hydrogen (secondary N) is 1. The Morgan fingerprint density at radius 1 is 1.00 bits per heavy atom. The Labute approximate surface area is 150 Å². The summed E-state index contributed by atoms with van der Waals surface area (Å²) in [6.07, 6.45) is 1.03. The molecule has 1 N–H and O–H groups in total. The van der Waals surface area contributed by atoms with Crippen molar-refractivity contribution in [1.82, 2.24) is 10.2 Å². The number of amides is 2. The van der Waals surface area contributed by atoms with Crippen molar-refractivity contribution in [2.24, 2.45) is 0 Å². The fourth-order valence-corrected chi connectivity index (χ4v) is 3.37. The van der Waals surface area contributed by atoms with E-state index in [9.17, 15) is 4.79 Å². The lowest BCUT2D eigenvalue weighted by atomic mass is 10.1. The molecule has 0 aromatic heterocycles. The van der Waals surface area contributed by atoms with Crippen molar-refractivity contribution in [2.45, 2.75) is 26.3 Å². The number of hydrogen-bond donors (Lipinski definition) is 1. The van der Waals surface area contributed by atoms with Gasteiger partial charge in [0.15, 0.2) is 0 Å². The number of benzene rings is 2. The number of rotatable bonds is 4. The first-order valence-electron chi connectivity index (χ1n) is 9.12. The highest BCUT2D eigenvalue weighted by Crippen LogP contribution is 2.22. The number of piperazine rings is 1. The molecule has 3 rings (SSSR count). The quantitative estimate of drug-likeness (QED) is 0.920. The van der Waals surface area contributed by atoms with E-state index in [1.807, 2.05) is 42.2 Å². The maximum absolute atomic E-state index is 12.5. The van der Waals surface area contributed by atoms with Gasteiger partial charge in [0, 0.05) is 31.9 Å². The topological polar surface area (TPSA) is 35.6 Å². The number of hydrogen-bond acceptors (Lipinski definition) is 2. The Bertz CT molecular complexity index is 693. The van der Waals surface area contributed by atoms with Crippen LogP contribution in [0.25, 0.3) is 0 Å². The molecule has 1 heterocycles. The summed E-state index contributed by atoms with van der Waals surface area (Å²) in [7, 11) is 0. The third-order valence-corrected chi connectivity index (χ3v) is 4.92. The largest absolute Gasteiger partial charge is 0.368 e. The molecule has 1 atom stereocenters. The molecule has 0 saturated carbocycles. The number of para-hydroxylation sites is 1. The SMILES string of the molecule is CCc1ccccc1N1CCN(C(=O)NC(C)c2ccccc2)CC1. The molecule has 0 spiro atoms. The molecule has 0 bridgehead atoms. The van der Waals surface area contributed by atoms with Crippen molar-refractivity contribution < 1.29 is 4.79 Å². The Kier molecular flexibility index (Phi) is 5.59. The van der Waals surface area contributed by atoms with Gasteiger partial charge in [0.1, 0.15) is 0 Å². The minimum atomic E-state index is 0.0209. The van der Waals surface area contributed by atoms with Crippen molar-refractivity contribution in [3.63, 3.8) is 0 Å². The van der Waals surface area contributed by atoms with E-state index in [1.165, 1.54) is 11.3 Å². The zero-order valence-electron chi connectivity index (χ0n) is 15.1. The lowest BCUT2D eigenvalue weighted by molar-refractivity contribution is 0.191. The molecule has 132 valence electrons. The van der Waals surface area contributed by atoms with Gasteiger partial charge in [-0.25, -0.2) is 4.79 Å². The van der Waals surface area contributed by atoms with E-state index >= 15 is 0 Å². The Balaban J connectivity index is 1.56. The highest BCUT2D eigenvalue weighted by Gasteiger charge is 2.23. The van der Waals surface area contributed by atoms with Gasteiger partial charge in [-0.1, -0.05) is 55.5 Å². The fraction of sp³-hybridized carbons (Fsp3) is 0.381. The van der Waals surface area contributed by atoms with Crippen molar-refractivity contribution in [1.29, 1.82) is 0 Å². The second-order valence-electron chi connectivity index (χ2n) is 6.54. The summed E-state index contributed by atoms with van der Waals surface area (Å²) in [4.78, 5) is 16.9. The zero-order chi connectivity index (χ0) is 17.6. The molecule has 0 aliphatic carbocycles. The van der Waals surface area contributed by atoms with Crippen molar-refractivity contribution in [2.75, 3.05) is 31.1 Å². The molecule has 0 radical (unpaired) electrons. The minimum Gasteiger partial charge on any atom is -0.368 e. The van der Waals surface area contributed by atoms with E-state index in [4.69, 9.17) is 0 Å². The first-order chi connectivity index (χ1) is 12.2. The number of anilines is 1. The average molecular weight is 337 g/mol. The van der Waals surface area contributed by atoms with E-state index in [2.05, 4.69) is 41.4 Å². The van der Waals surface area contributed by atoms with Crippen molar-refractivity contribution >= 4 is 11.7 Å². The van der Waals surface area contributed by atoms with Crippen LogP contribution in [0, 0.1) is 0 Å². The first-order valence-corrected chi connectivity index (χ1v) is 9.12. The Hall–Kier alpha value is -2.49. The van der Waals surface area contributed by atoms with E-state index in [0.717, 1.165) is 38.2 Å². The summed E-state index contributed by atoms with van der Waals surface area (Å²) in [6.45, 7) is 7.49. The lowest BCUT2D eigenvalue weighted by Gasteiger charge is -2.37. The lowest BCUT2D eigenvalue weighted by Crippen LogP contribution is -2.52. The molecule has 1 aliphatic rings. The van der Waals surface area contributed by atoms with E-state index < -0.39 is 0 Å². The van der Waals surface area contributed by atoms with Crippen LogP contribution >= 0.6 is 0 Å². The van der Waals surface area contributed by atoms with Crippen LogP contribution in [0.15, 0.2) is 54.6 Å². The first kappa shape index (κ1) is 17.3. The van der Waals surface area contributed by atoms with Gasteiger partial charge in [-0.15, -0.1) is 0 Å². The standard InChI is InChI=1S/C21H27N3O/c1-3-18-9-7-8-12-20(18)23-13-15-24(16-14-23)21(25)22-17(2)19-10-5-4-6-11-19/h4-12,17H,3,13-16H2,1-2H3,(H,22,25). The van der Waals surface area contributed by atoms with E-state index in [0.29, 0.717) is 0 Å². The molecule has 1 fully saturated rings. The minimum absolute atomic E-state index is 0.0209. The molecule has 2 aromatic carbocycles. The summed E-state index contributed by atoms with van der Waals surface area (Å²) in [6, 6.07) is 18.7. The third-order valence-electron chi connectivity index (χ3n) is 4.92. The van der Waals surface area contributed by atoms with Crippen molar-refractivity contribution in [3.05, 3.63) is 65.7 Å². The zero-order valence-corrected chi connectivity index (χ0v) is 15.1. The summed E-state index contributed by atoms with van der Waals surface area (Å²) in [5, 5.41) is 3.11. The van der Waals surface area contributed by atoms with Crippen LogP contribution in [-0.4, -0.2) is 37.1 Å². The molecule has 1 unspecified atom stereocenters. The van der Waals surface area contributed by atoms with Gasteiger partial charge in [0.25, 0.3) is 0 Å². The van der Waals surface area contributed by atoms with Crippen LogP contribution < -0.4 is 10.2 Å². The molecule has 1 aliphatic heterocycles. The van der Waals surface area contributed by atoms with Crippen LogP contribution in [0.4, 0.5) is 10.5 Å². The Morgan fingerprint density at radius 2 is 1.64 bits per heavy atom. The summed E-state index contributed by atoms with van der Waals surface area (Å²) >= 11 is 0. The third kappa shape index (κ3) is 4.13. The summed E-state index contributed by atoms with van der Waals surface area (Å²) in [5.41, 5.74) is 3.81. The fourth-order valence-electron chi connectivity index (χ4n) is 3.37. The van der Waals surface area contributed by atoms with Gasteiger partial charge < -0.3 is 15.1 Å². The molecule has 4 nitrogen and oxygen atoms in total. The van der Waals surface area contributed by atoms with Crippen LogP contribution in [0.1, 0.15) is 31.0 Å². The van der Waals surface area contributed by atoms with E-state index in [1.54, 1.807) is 0 Å². The monoisotopic (exact) mass is 337 g/mol. The highest BCUT2D eigenvalue weighted by atomic mass is 16.2. The molecule has 2 amide bonds. The maximum Gasteiger partial charge on any atom is 0.317 e. The molecule has 25 heavy (non-hydrogen) atoms. The van der Waals surface area contributed by atoms with E-state index in [-0.39, 0.29) is 12.1 Å². The smallest absolute Gasteiger partial charge is 0.317 e. The van der Waals surface area contributed by atoms with Gasteiger partial charge in [-0.05, 0) is 30.5 Å². The number of carbonyl (C=O) groups is 1. The van der Waals surface area contributed by atoms with Gasteiger partial charge >= 0.3 is 6.03 Å². The number of aryl methyl sites for hydroxylation is 1. The predicted octanol–water partition coefficient (Wildman–Crippen LogP) is 3.84. The average Bonchev–Trinajstić information content (AvgIpc) is 2.68. The van der Waals surface area contributed by atoms with Gasteiger partial charge in [0.05, 0.1) is 6.04 Å². The predicted molar refractivity (Wildman–Crippen MR) is 103 cm³/mol. The van der Waals surface area contributed by atoms with Gasteiger partial charge in [0.2, 0.25) is 0 Å². The van der Waals surface area contributed by atoms with Crippen LogP contribution in [0.3, 0.4) is 0 Å². The number of nitrogens with zero attached hydrogens (tertiary/aromatic N) is 2. The normalized spacial score (nSPS) is 15.8. The molecular weight excluding hydrogens is 310 g/mol. The van der Waals surface area contributed by atoms with Crippen LogP contribution in [0.5, 0.6) is 0 Å². The van der Waals surface area contributed by atoms with Crippen LogP contribution in [-0.2, 0) is 6.42 Å². The number of urea groups is 1. The van der Waals surface area contributed by atoms with Crippen molar-refractivity contribution in [3.8, 4) is 0 Å². The maximum atomic E-state index is 12.5. The molecule has 4 heteroatoms. The molecular formula is C21H27N3O. The van der Waals surface area contributed by atoms with Gasteiger partial charge in [-0.2, -0.15) is 0 Å². The summed E-state index contributed by atoms with van der Waals surface area (Å²) < 4.78 is 0. The molecule has 1 saturated heterocycles. The highest BCUT2D eigenvalue weighted by molar-refractivity contribution is 5.75. The van der Waals surface area contributed by atoms with Gasteiger partial charge in [-0.3, -0.25) is 0 Å². The number of carbonyl (C=O) groups excluding carboxylic acids is 1. The van der Waals surface area contributed by atoms with Crippen LogP contribution in [0.2, 0.25) is 0 Å². The second kappa shape index (κ2) is 8.06.